The second-order valence-electron chi connectivity index (χ2n) is 5.96. The third kappa shape index (κ3) is 4.15. The van der Waals surface area contributed by atoms with Crippen molar-refractivity contribution in [2.75, 3.05) is 17.0 Å². The second kappa shape index (κ2) is 5.38. The van der Waals surface area contributed by atoms with Gasteiger partial charge in [0.05, 0.1) is 11.4 Å². The summed E-state index contributed by atoms with van der Waals surface area (Å²) in [6.07, 6.45) is 1.97. The first-order valence-corrected chi connectivity index (χ1v) is 8.99. The van der Waals surface area contributed by atoms with Crippen molar-refractivity contribution in [1.82, 2.24) is 10.3 Å². The first kappa shape index (κ1) is 14.7. The largest absolute Gasteiger partial charge is 0.313 e. The number of sulfonamides is 1. The van der Waals surface area contributed by atoms with Crippen molar-refractivity contribution in [1.29, 1.82) is 0 Å². The fourth-order valence-electron chi connectivity index (χ4n) is 2.00. The lowest BCUT2D eigenvalue weighted by Gasteiger charge is -2.14. The third-order valence-corrected chi connectivity index (χ3v) is 5.33. The monoisotopic (exact) mass is 303 g/mol. The number of rotatable bonds is 4. The number of nitrogens with zero attached hydrogens (tertiary/aromatic N) is 1. The first-order valence-electron chi connectivity index (χ1n) is 6.46. The molecule has 2 heterocycles. The highest BCUT2D eigenvalue weighted by molar-refractivity contribution is 7.92. The van der Waals surface area contributed by atoms with Crippen molar-refractivity contribution in [3.63, 3.8) is 0 Å². The van der Waals surface area contributed by atoms with Crippen LogP contribution in [0.3, 0.4) is 0 Å². The highest BCUT2D eigenvalue weighted by Crippen LogP contribution is 2.27. The van der Waals surface area contributed by atoms with E-state index in [1.165, 1.54) is 11.3 Å². The highest BCUT2D eigenvalue weighted by atomic mass is 32.2. The van der Waals surface area contributed by atoms with Crippen molar-refractivity contribution in [2.45, 2.75) is 45.1 Å². The van der Waals surface area contributed by atoms with E-state index in [0.29, 0.717) is 5.13 Å². The summed E-state index contributed by atoms with van der Waals surface area (Å²) in [5, 5.41) is 5.56. The summed E-state index contributed by atoms with van der Waals surface area (Å²) in [5.41, 5.74) is 0.849. The van der Waals surface area contributed by atoms with Gasteiger partial charge in [-0.15, -0.1) is 11.3 Å². The molecule has 1 aliphatic rings. The van der Waals surface area contributed by atoms with Gasteiger partial charge in [-0.05, 0) is 19.4 Å². The molecule has 1 saturated heterocycles. The predicted molar refractivity (Wildman–Crippen MR) is 79.2 cm³/mol. The van der Waals surface area contributed by atoms with Crippen LogP contribution in [0.15, 0.2) is 5.38 Å². The van der Waals surface area contributed by atoms with E-state index in [9.17, 15) is 8.42 Å². The summed E-state index contributed by atoms with van der Waals surface area (Å²) in [7, 11) is -3.31. The van der Waals surface area contributed by atoms with Crippen molar-refractivity contribution in [3.8, 4) is 0 Å². The summed E-state index contributed by atoms with van der Waals surface area (Å²) in [4.78, 5) is 4.35. The van der Waals surface area contributed by atoms with E-state index in [0.717, 1.165) is 25.1 Å². The lowest BCUT2D eigenvalue weighted by atomic mass is 9.93. The molecule has 5 nitrogen and oxygen atoms in total. The number of hydrogen-bond donors (Lipinski definition) is 2. The summed E-state index contributed by atoms with van der Waals surface area (Å²) >= 11 is 1.34. The van der Waals surface area contributed by atoms with Crippen LogP contribution in [0.1, 0.15) is 39.3 Å². The highest BCUT2D eigenvalue weighted by Gasteiger charge is 2.24. The van der Waals surface area contributed by atoms with E-state index in [2.05, 4.69) is 35.8 Å². The van der Waals surface area contributed by atoms with Crippen LogP contribution in [0.4, 0.5) is 5.13 Å². The van der Waals surface area contributed by atoms with Gasteiger partial charge in [-0.2, -0.15) is 0 Å². The number of aromatic nitrogens is 1. The average Bonchev–Trinajstić information content (AvgIpc) is 2.86. The normalized spacial score (nSPS) is 20.7. The minimum Gasteiger partial charge on any atom is -0.313 e. The summed E-state index contributed by atoms with van der Waals surface area (Å²) in [6, 6.07) is 0.0690. The Morgan fingerprint density at radius 2 is 2.26 bits per heavy atom. The molecule has 7 heteroatoms. The van der Waals surface area contributed by atoms with E-state index in [-0.39, 0.29) is 17.2 Å². The maximum atomic E-state index is 12.0. The molecule has 1 unspecified atom stereocenters. The molecule has 0 saturated carbocycles. The van der Waals surface area contributed by atoms with Gasteiger partial charge in [-0.1, -0.05) is 20.8 Å². The molecule has 0 aromatic carbocycles. The van der Waals surface area contributed by atoms with Crippen LogP contribution in [0.5, 0.6) is 0 Å². The molecule has 2 N–H and O–H groups in total. The Kier molecular flexibility index (Phi) is 4.17. The molecule has 2 rings (SSSR count). The molecular formula is C12H21N3O2S2. The molecule has 0 radical (unpaired) electrons. The summed E-state index contributed by atoms with van der Waals surface area (Å²) in [6.45, 7) is 7.08. The topological polar surface area (TPSA) is 71.1 Å². The maximum absolute atomic E-state index is 12.0. The molecule has 1 atom stereocenters. The zero-order valence-corrected chi connectivity index (χ0v) is 13.2. The van der Waals surface area contributed by atoms with Gasteiger partial charge in [-0.25, -0.2) is 13.4 Å². The lowest BCUT2D eigenvalue weighted by Crippen LogP contribution is -2.32. The van der Waals surface area contributed by atoms with Crippen LogP contribution in [-0.4, -0.2) is 31.7 Å². The minimum absolute atomic E-state index is 0.0623. The molecule has 1 fully saturated rings. The predicted octanol–water partition coefficient (Wildman–Crippen LogP) is 1.93. The third-order valence-electron chi connectivity index (χ3n) is 3.10. The molecule has 1 aromatic heterocycles. The van der Waals surface area contributed by atoms with Crippen molar-refractivity contribution >= 4 is 26.5 Å². The van der Waals surface area contributed by atoms with Crippen LogP contribution >= 0.6 is 11.3 Å². The fourth-order valence-corrected chi connectivity index (χ4v) is 4.57. The Morgan fingerprint density at radius 1 is 1.53 bits per heavy atom. The molecule has 0 spiro atoms. The molecule has 0 aliphatic carbocycles. The quantitative estimate of drug-likeness (QED) is 0.891. The first-order chi connectivity index (χ1) is 8.76. The SMILES string of the molecule is CC(C)(C)c1csc(NS(=O)(=O)CC2CCCN2)n1. The Balaban J connectivity index is 2.01. The van der Waals surface area contributed by atoms with Gasteiger partial charge in [0.1, 0.15) is 0 Å². The van der Waals surface area contributed by atoms with Crippen LogP contribution in [0, 0.1) is 0 Å². The zero-order valence-electron chi connectivity index (χ0n) is 11.6. The average molecular weight is 303 g/mol. The Morgan fingerprint density at radius 3 is 2.79 bits per heavy atom. The molecular weight excluding hydrogens is 282 g/mol. The van der Waals surface area contributed by atoms with E-state index < -0.39 is 10.0 Å². The van der Waals surface area contributed by atoms with Crippen LogP contribution < -0.4 is 10.0 Å². The van der Waals surface area contributed by atoms with Gasteiger partial charge in [0, 0.05) is 16.8 Å². The van der Waals surface area contributed by atoms with Gasteiger partial charge in [0.25, 0.3) is 0 Å². The van der Waals surface area contributed by atoms with Gasteiger partial charge in [0.2, 0.25) is 10.0 Å². The van der Waals surface area contributed by atoms with Gasteiger partial charge < -0.3 is 5.32 Å². The number of hydrogen-bond acceptors (Lipinski definition) is 5. The molecule has 1 aromatic rings. The summed E-state index contributed by atoms with van der Waals surface area (Å²) < 4.78 is 26.6. The van der Waals surface area contributed by atoms with Crippen molar-refractivity contribution < 1.29 is 8.42 Å². The Hall–Kier alpha value is -0.660. The van der Waals surface area contributed by atoms with E-state index >= 15 is 0 Å². The lowest BCUT2D eigenvalue weighted by molar-refractivity contribution is 0.572. The smallest absolute Gasteiger partial charge is 0.236 e. The Labute approximate surface area is 118 Å². The zero-order chi connectivity index (χ0) is 14.1. The molecule has 0 amide bonds. The van der Waals surface area contributed by atoms with Crippen LogP contribution in [-0.2, 0) is 15.4 Å². The van der Waals surface area contributed by atoms with Crippen LogP contribution in [0.2, 0.25) is 0 Å². The van der Waals surface area contributed by atoms with Crippen molar-refractivity contribution in [3.05, 3.63) is 11.1 Å². The van der Waals surface area contributed by atoms with Gasteiger partial charge >= 0.3 is 0 Å². The standard InChI is InChI=1S/C12H21N3O2S2/c1-12(2,3)10-7-18-11(14-10)15-19(16,17)8-9-5-4-6-13-9/h7,9,13H,4-6,8H2,1-3H3,(H,14,15). The van der Waals surface area contributed by atoms with Crippen molar-refractivity contribution in [2.24, 2.45) is 0 Å². The minimum atomic E-state index is -3.31. The maximum Gasteiger partial charge on any atom is 0.236 e. The number of nitrogens with one attached hydrogen (secondary N) is 2. The van der Waals surface area contributed by atoms with Gasteiger partial charge in [0.15, 0.2) is 5.13 Å². The van der Waals surface area contributed by atoms with E-state index in [4.69, 9.17) is 0 Å². The van der Waals surface area contributed by atoms with E-state index in [1.807, 2.05) is 5.38 Å². The molecule has 108 valence electrons. The number of anilines is 1. The molecule has 1 aliphatic heterocycles. The van der Waals surface area contributed by atoms with E-state index in [1.54, 1.807) is 0 Å². The summed E-state index contributed by atoms with van der Waals surface area (Å²) in [5.74, 6) is 0.122. The van der Waals surface area contributed by atoms with Gasteiger partial charge in [-0.3, -0.25) is 4.72 Å². The molecule has 0 bridgehead atoms. The number of thiazole rings is 1. The van der Waals surface area contributed by atoms with Crippen LogP contribution in [0.25, 0.3) is 0 Å². The Bertz CT molecular complexity index is 525. The fraction of sp³-hybridized carbons (Fsp3) is 0.750. The molecule has 19 heavy (non-hydrogen) atoms. The second-order valence-corrected chi connectivity index (χ2v) is 8.59.